The molecule has 1 aliphatic heterocycles. The number of hydrogen-bond donors (Lipinski definition) is 1. The Labute approximate surface area is 252 Å². The maximum Gasteiger partial charge on any atom is 0.247 e. The lowest BCUT2D eigenvalue weighted by molar-refractivity contribution is -0.0119. The molecule has 0 unspecified atom stereocenters. The van der Waals surface area contributed by atoms with Crippen molar-refractivity contribution in [1.82, 2.24) is 9.97 Å². The number of pyridine rings is 2. The van der Waals surface area contributed by atoms with E-state index in [1.165, 1.54) is 25.5 Å². The zero-order valence-electron chi connectivity index (χ0n) is 26.6. The van der Waals surface area contributed by atoms with E-state index in [1.54, 1.807) is 6.92 Å². The first-order valence-corrected chi connectivity index (χ1v) is 15.0. The van der Waals surface area contributed by atoms with Crippen molar-refractivity contribution in [1.29, 1.82) is 0 Å². The van der Waals surface area contributed by atoms with Crippen LogP contribution in [0.3, 0.4) is 0 Å². The zero-order chi connectivity index (χ0) is 31.3. The minimum Gasteiger partial charge on any atom is -0.377 e. The molecule has 7 heteroatoms. The third-order valence-electron chi connectivity index (χ3n) is 7.04. The highest BCUT2D eigenvalue weighted by molar-refractivity contribution is 5.89. The van der Waals surface area contributed by atoms with Gasteiger partial charge in [0.15, 0.2) is 0 Å². The number of alkyl halides is 2. The average molecular weight is 578 g/mol. The highest BCUT2D eigenvalue weighted by Crippen LogP contribution is 2.35. The molecule has 0 atom stereocenters. The van der Waals surface area contributed by atoms with E-state index < -0.39 is 5.92 Å². The molecular formula is C35H49F2N5. The van der Waals surface area contributed by atoms with Gasteiger partial charge in [0.25, 0.3) is 0 Å². The van der Waals surface area contributed by atoms with E-state index in [4.69, 9.17) is 0 Å². The molecule has 42 heavy (non-hydrogen) atoms. The average Bonchev–Trinajstić information content (AvgIpc) is 3.54. The number of nitrogens with one attached hydrogen (secondary N) is 1. The van der Waals surface area contributed by atoms with Crippen LogP contribution < -0.4 is 15.1 Å². The lowest BCUT2D eigenvalue weighted by Gasteiger charge is -2.22. The molecule has 0 saturated carbocycles. The van der Waals surface area contributed by atoms with E-state index in [9.17, 15) is 8.78 Å². The van der Waals surface area contributed by atoms with Gasteiger partial charge >= 0.3 is 0 Å². The van der Waals surface area contributed by atoms with Crippen LogP contribution in [0, 0.1) is 6.92 Å². The maximum atomic E-state index is 12.2. The topological polar surface area (TPSA) is 44.3 Å². The van der Waals surface area contributed by atoms with Crippen LogP contribution in [-0.2, 0) is 0 Å². The second-order valence-electron chi connectivity index (χ2n) is 10.5. The maximum absolute atomic E-state index is 12.2. The third kappa shape index (κ3) is 9.97. The summed E-state index contributed by atoms with van der Waals surface area (Å²) in [5.41, 5.74) is 9.01. The van der Waals surface area contributed by atoms with Crippen molar-refractivity contribution in [3.63, 3.8) is 0 Å². The molecule has 0 bridgehead atoms. The Bertz CT molecular complexity index is 1280. The second-order valence-corrected chi connectivity index (χ2v) is 10.5. The van der Waals surface area contributed by atoms with Gasteiger partial charge < -0.3 is 15.1 Å². The van der Waals surface area contributed by atoms with E-state index >= 15 is 0 Å². The van der Waals surface area contributed by atoms with Crippen molar-refractivity contribution in [3.05, 3.63) is 85.1 Å². The van der Waals surface area contributed by atoms with Gasteiger partial charge in [0.1, 0.15) is 0 Å². The second kappa shape index (κ2) is 16.6. The van der Waals surface area contributed by atoms with E-state index in [0.29, 0.717) is 6.42 Å². The Morgan fingerprint density at radius 3 is 2.21 bits per heavy atom. The van der Waals surface area contributed by atoms with Crippen LogP contribution in [-0.4, -0.2) is 43.1 Å². The first-order chi connectivity index (χ1) is 20.0. The number of benzene rings is 1. The number of rotatable bonds is 10. The quantitative estimate of drug-likeness (QED) is 0.243. The lowest BCUT2D eigenvalue weighted by Crippen LogP contribution is -2.17. The molecule has 2 aromatic heterocycles. The molecule has 0 amide bonds. The monoisotopic (exact) mass is 577 g/mol. The predicted octanol–water partition coefficient (Wildman–Crippen LogP) is 9.62. The predicted molar refractivity (Wildman–Crippen MR) is 178 cm³/mol. The number of hydrogen-bond acceptors (Lipinski definition) is 5. The minimum absolute atomic E-state index is 0.0269. The fourth-order valence-electron chi connectivity index (χ4n) is 4.58. The SMILES string of the molecule is C=C(Nc1ccc(C)nc1)C(=C)c1cc(-c2cncc(N3CCCC3)c2)ccc1N(C)C.CC.CCCC(F)(F)CC. The molecule has 0 spiro atoms. The third-order valence-corrected chi connectivity index (χ3v) is 7.04. The van der Waals surface area contributed by atoms with Gasteiger partial charge in [0, 0.05) is 74.4 Å². The number of nitrogens with zero attached hydrogens (tertiary/aromatic N) is 4. The van der Waals surface area contributed by atoms with Gasteiger partial charge in [-0.1, -0.05) is 53.3 Å². The Morgan fingerprint density at radius 1 is 0.976 bits per heavy atom. The first kappa shape index (κ1) is 34.5. The highest BCUT2D eigenvalue weighted by atomic mass is 19.3. The molecule has 1 fully saturated rings. The number of aryl methyl sites for hydroxylation is 1. The van der Waals surface area contributed by atoms with Crippen molar-refractivity contribution in [2.45, 2.75) is 72.6 Å². The summed E-state index contributed by atoms with van der Waals surface area (Å²) in [5.74, 6) is -2.41. The summed E-state index contributed by atoms with van der Waals surface area (Å²) in [5, 5.41) is 3.34. The Kier molecular flexibility index (Phi) is 13.7. The molecule has 3 aromatic rings. The van der Waals surface area contributed by atoms with Gasteiger partial charge in [0.2, 0.25) is 5.92 Å². The van der Waals surface area contributed by atoms with E-state index in [2.05, 4.69) is 62.5 Å². The van der Waals surface area contributed by atoms with Gasteiger partial charge in [-0.2, -0.15) is 0 Å². The van der Waals surface area contributed by atoms with Crippen molar-refractivity contribution >= 4 is 22.6 Å². The molecular weight excluding hydrogens is 528 g/mol. The first-order valence-electron chi connectivity index (χ1n) is 15.0. The molecule has 1 saturated heterocycles. The summed E-state index contributed by atoms with van der Waals surface area (Å²) in [4.78, 5) is 13.4. The van der Waals surface area contributed by atoms with Gasteiger partial charge in [0.05, 0.1) is 23.8 Å². The van der Waals surface area contributed by atoms with Crippen LogP contribution in [0.15, 0.2) is 73.8 Å². The number of halogens is 2. The van der Waals surface area contributed by atoms with Crippen LogP contribution >= 0.6 is 0 Å². The minimum atomic E-state index is -2.41. The molecule has 3 heterocycles. The van der Waals surface area contributed by atoms with Crippen molar-refractivity contribution in [2.24, 2.45) is 0 Å². The van der Waals surface area contributed by atoms with Crippen LogP contribution in [0.5, 0.6) is 0 Å². The molecule has 1 N–H and O–H groups in total. The van der Waals surface area contributed by atoms with E-state index in [1.807, 2.05) is 65.6 Å². The van der Waals surface area contributed by atoms with Crippen molar-refractivity contribution < 1.29 is 8.78 Å². The van der Waals surface area contributed by atoms with Crippen molar-refractivity contribution in [2.75, 3.05) is 42.3 Å². The summed E-state index contributed by atoms with van der Waals surface area (Å²) in [6, 6.07) is 12.7. The molecule has 0 radical (unpaired) electrons. The van der Waals surface area contributed by atoms with Gasteiger partial charge in [-0.25, -0.2) is 8.78 Å². The fourth-order valence-corrected chi connectivity index (χ4v) is 4.58. The summed E-state index contributed by atoms with van der Waals surface area (Å²) < 4.78 is 24.3. The lowest BCUT2D eigenvalue weighted by atomic mass is 9.96. The highest BCUT2D eigenvalue weighted by Gasteiger charge is 2.23. The van der Waals surface area contributed by atoms with Gasteiger partial charge in [-0.3, -0.25) is 9.97 Å². The van der Waals surface area contributed by atoms with Crippen LogP contribution in [0.1, 0.15) is 71.1 Å². The normalized spacial score (nSPS) is 12.5. The largest absolute Gasteiger partial charge is 0.377 e. The van der Waals surface area contributed by atoms with Crippen LogP contribution in [0.4, 0.5) is 25.8 Å². The molecule has 228 valence electrons. The van der Waals surface area contributed by atoms with E-state index in [0.717, 1.165) is 58.1 Å². The molecule has 1 aromatic carbocycles. The molecule has 1 aliphatic rings. The molecule has 5 nitrogen and oxygen atoms in total. The summed E-state index contributed by atoms with van der Waals surface area (Å²) in [7, 11) is 4.09. The molecule has 0 aliphatic carbocycles. The fraction of sp³-hybridized carbons (Fsp3) is 0.429. The smallest absolute Gasteiger partial charge is 0.247 e. The van der Waals surface area contributed by atoms with Crippen LogP contribution in [0.2, 0.25) is 0 Å². The standard InChI is InChI=1S/C27H31N5.C6H12F2.C2H6/c1-19-8-10-24(17-29-19)30-21(3)20(2)26-15-22(9-11-27(26)31(4)5)23-14-25(18-28-16-23)32-12-6-7-13-32;1-3-5-6(7,8)4-2;1-2/h8-11,14-18,30H,2-3,6-7,12-13H2,1,4-5H3;3-5H2,1-2H3;1-2H3. The van der Waals surface area contributed by atoms with E-state index in [-0.39, 0.29) is 12.8 Å². The summed E-state index contributed by atoms with van der Waals surface area (Å²) in [6.07, 6.45) is 8.78. The Hall–Kier alpha value is -3.74. The van der Waals surface area contributed by atoms with Gasteiger partial charge in [-0.15, -0.1) is 0 Å². The van der Waals surface area contributed by atoms with Crippen molar-refractivity contribution in [3.8, 4) is 11.1 Å². The summed E-state index contributed by atoms with van der Waals surface area (Å²) >= 11 is 0. The zero-order valence-corrected chi connectivity index (χ0v) is 26.6. The number of anilines is 3. The van der Waals surface area contributed by atoms with Crippen LogP contribution in [0.25, 0.3) is 16.7 Å². The Morgan fingerprint density at radius 2 is 1.67 bits per heavy atom. The summed E-state index contributed by atoms with van der Waals surface area (Å²) in [6.45, 7) is 20.1. The molecule has 4 rings (SSSR count). The van der Waals surface area contributed by atoms with Gasteiger partial charge in [-0.05, 0) is 61.2 Å². The number of allylic oxidation sites excluding steroid dienone is 1. The Balaban J connectivity index is 0.000000535. The number of aromatic nitrogens is 2.